The fourth-order valence-corrected chi connectivity index (χ4v) is 3.86. The number of anilines is 1. The third kappa shape index (κ3) is 5.35. The van der Waals surface area contributed by atoms with Crippen LogP contribution in [0.5, 0.6) is 0 Å². The van der Waals surface area contributed by atoms with Crippen molar-refractivity contribution < 1.29 is 19.2 Å². The quantitative estimate of drug-likeness (QED) is 0.623. The van der Waals surface area contributed by atoms with Crippen LogP contribution in [-0.2, 0) is 19.2 Å². The van der Waals surface area contributed by atoms with Gasteiger partial charge in [0, 0.05) is 45.0 Å². The molecule has 2 heterocycles. The first kappa shape index (κ1) is 21.8. The first-order chi connectivity index (χ1) is 14.4. The SMILES string of the molecule is Cc1ccc(NC(=O)CC2C(=O)NCCN2C(=O)CN2CCN(C=O)CC2)c(C)c1. The van der Waals surface area contributed by atoms with Crippen molar-refractivity contribution in [1.29, 1.82) is 0 Å². The standard InChI is InChI=1S/C21H29N5O4/c1-15-3-4-17(16(2)11-15)23-19(28)12-18-21(30)22-5-6-26(18)20(29)13-24-7-9-25(14-27)10-8-24/h3-4,11,14,18H,5-10,12-13H2,1-2H3,(H,22,30)(H,23,28). The van der Waals surface area contributed by atoms with E-state index >= 15 is 0 Å². The lowest BCUT2D eigenvalue weighted by Gasteiger charge is -2.37. The second kappa shape index (κ2) is 9.71. The number of nitrogens with zero attached hydrogens (tertiary/aromatic N) is 3. The van der Waals surface area contributed by atoms with Crippen molar-refractivity contribution in [3.8, 4) is 0 Å². The number of piperazine rings is 2. The normalized spacial score (nSPS) is 19.9. The van der Waals surface area contributed by atoms with Gasteiger partial charge in [0.25, 0.3) is 0 Å². The Balaban J connectivity index is 1.61. The molecule has 0 spiro atoms. The molecule has 4 amide bonds. The van der Waals surface area contributed by atoms with Crippen LogP contribution in [0.4, 0.5) is 5.69 Å². The average molecular weight is 415 g/mol. The van der Waals surface area contributed by atoms with Gasteiger partial charge in [-0.3, -0.25) is 24.1 Å². The van der Waals surface area contributed by atoms with Crippen molar-refractivity contribution in [3.63, 3.8) is 0 Å². The minimum Gasteiger partial charge on any atom is -0.353 e. The van der Waals surface area contributed by atoms with Crippen molar-refractivity contribution in [1.82, 2.24) is 20.0 Å². The number of aryl methyl sites for hydroxylation is 2. The van der Waals surface area contributed by atoms with E-state index in [-0.39, 0.29) is 30.7 Å². The molecule has 162 valence electrons. The summed E-state index contributed by atoms with van der Waals surface area (Å²) in [6.07, 6.45) is 0.725. The maximum atomic E-state index is 12.9. The van der Waals surface area contributed by atoms with Gasteiger partial charge in [0.15, 0.2) is 0 Å². The lowest BCUT2D eigenvalue weighted by atomic mass is 10.1. The predicted octanol–water partition coefficient (Wildman–Crippen LogP) is -0.267. The lowest BCUT2D eigenvalue weighted by Crippen LogP contribution is -2.60. The molecule has 30 heavy (non-hydrogen) atoms. The smallest absolute Gasteiger partial charge is 0.243 e. The average Bonchev–Trinajstić information content (AvgIpc) is 2.72. The molecule has 2 aliphatic rings. The summed E-state index contributed by atoms with van der Waals surface area (Å²) < 4.78 is 0. The summed E-state index contributed by atoms with van der Waals surface area (Å²) in [5.74, 6) is -0.786. The fraction of sp³-hybridized carbons (Fsp3) is 0.524. The van der Waals surface area contributed by atoms with Crippen molar-refractivity contribution in [2.45, 2.75) is 26.3 Å². The Morgan fingerprint density at radius 1 is 1.17 bits per heavy atom. The topological polar surface area (TPSA) is 102 Å². The zero-order valence-electron chi connectivity index (χ0n) is 17.5. The van der Waals surface area contributed by atoms with Gasteiger partial charge in [-0.25, -0.2) is 0 Å². The highest BCUT2D eigenvalue weighted by atomic mass is 16.2. The molecule has 0 bridgehead atoms. The highest BCUT2D eigenvalue weighted by molar-refractivity contribution is 5.98. The second-order valence-electron chi connectivity index (χ2n) is 7.88. The number of carbonyl (C=O) groups is 4. The van der Waals surface area contributed by atoms with Crippen LogP contribution < -0.4 is 10.6 Å². The van der Waals surface area contributed by atoms with Gasteiger partial charge in [-0.1, -0.05) is 17.7 Å². The zero-order chi connectivity index (χ0) is 21.7. The lowest BCUT2D eigenvalue weighted by molar-refractivity contribution is -0.145. The number of amides is 4. The number of nitrogens with one attached hydrogen (secondary N) is 2. The summed E-state index contributed by atoms with van der Waals surface area (Å²) in [5, 5.41) is 5.60. The van der Waals surface area contributed by atoms with Gasteiger partial charge < -0.3 is 20.4 Å². The molecule has 0 radical (unpaired) electrons. The summed E-state index contributed by atoms with van der Waals surface area (Å²) in [6.45, 7) is 7.21. The van der Waals surface area contributed by atoms with Gasteiger partial charge in [0.1, 0.15) is 6.04 Å². The molecule has 2 saturated heterocycles. The molecule has 1 aromatic rings. The minimum atomic E-state index is -0.826. The molecule has 2 aliphatic heterocycles. The molecule has 0 aliphatic carbocycles. The van der Waals surface area contributed by atoms with Crippen LogP contribution in [0.15, 0.2) is 18.2 Å². The van der Waals surface area contributed by atoms with E-state index in [1.54, 1.807) is 4.90 Å². The molecule has 0 aromatic heterocycles. The van der Waals surface area contributed by atoms with Crippen LogP contribution in [0.1, 0.15) is 17.5 Å². The first-order valence-corrected chi connectivity index (χ1v) is 10.2. The van der Waals surface area contributed by atoms with E-state index in [0.29, 0.717) is 45.0 Å². The Morgan fingerprint density at radius 2 is 1.90 bits per heavy atom. The molecule has 9 heteroatoms. The highest BCUT2D eigenvalue weighted by Gasteiger charge is 2.35. The second-order valence-corrected chi connectivity index (χ2v) is 7.88. The van der Waals surface area contributed by atoms with Crippen LogP contribution in [0.2, 0.25) is 0 Å². The van der Waals surface area contributed by atoms with Gasteiger partial charge in [-0.2, -0.15) is 0 Å². The van der Waals surface area contributed by atoms with Crippen LogP contribution in [0, 0.1) is 13.8 Å². The van der Waals surface area contributed by atoms with E-state index < -0.39 is 6.04 Å². The van der Waals surface area contributed by atoms with Crippen molar-refractivity contribution in [2.24, 2.45) is 0 Å². The monoisotopic (exact) mass is 415 g/mol. The third-order valence-corrected chi connectivity index (χ3v) is 5.60. The maximum Gasteiger partial charge on any atom is 0.243 e. The van der Waals surface area contributed by atoms with Gasteiger partial charge in [-0.05, 0) is 25.5 Å². The minimum absolute atomic E-state index is 0.0934. The van der Waals surface area contributed by atoms with Crippen LogP contribution >= 0.6 is 0 Å². The van der Waals surface area contributed by atoms with E-state index in [4.69, 9.17) is 0 Å². The molecule has 0 saturated carbocycles. The van der Waals surface area contributed by atoms with Crippen molar-refractivity contribution in [2.75, 3.05) is 51.1 Å². The predicted molar refractivity (Wildman–Crippen MR) is 112 cm³/mol. The molecule has 2 fully saturated rings. The molecule has 1 atom stereocenters. The molecule has 9 nitrogen and oxygen atoms in total. The third-order valence-electron chi connectivity index (χ3n) is 5.60. The number of hydrogen-bond acceptors (Lipinski definition) is 5. The van der Waals surface area contributed by atoms with Crippen LogP contribution in [0.3, 0.4) is 0 Å². The maximum absolute atomic E-state index is 12.9. The molecule has 2 N–H and O–H groups in total. The molecule has 1 unspecified atom stereocenters. The van der Waals surface area contributed by atoms with Crippen LogP contribution in [0.25, 0.3) is 0 Å². The first-order valence-electron chi connectivity index (χ1n) is 10.2. The number of benzene rings is 1. The van der Waals surface area contributed by atoms with Gasteiger partial charge in [-0.15, -0.1) is 0 Å². The Morgan fingerprint density at radius 3 is 2.57 bits per heavy atom. The van der Waals surface area contributed by atoms with E-state index in [2.05, 4.69) is 10.6 Å². The zero-order valence-corrected chi connectivity index (χ0v) is 17.5. The molecular formula is C21H29N5O4. The fourth-order valence-electron chi connectivity index (χ4n) is 3.86. The number of rotatable bonds is 6. The largest absolute Gasteiger partial charge is 0.353 e. The molecule has 1 aromatic carbocycles. The van der Waals surface area contributed by atoms with Crippen molar-refractivity contribution in [3.05, 3.63) is 29.3 Å². The van der Waals surface area contributed by atoms with E-state index in [9.17, 15) is 19.2 Å². The van der Waals surface area contributed by atoms with Crippen LogP contribution in [-0.4, -0.2) is 90.7 Å². The van der Waals surface area contributed by atoms with Crippen molar-refractivity contribution >= 4 is 29.8 Å². The number of carbonyl (C=O) groups excluding carboxylic acids is 4. The Labute approximate surface area is 176 Å². The van der Waals surface area contributed by atoms with E-state index in [0.717, 1.165) is 17.5 Å². The van der Waals surface area contributed by atoms with Gasteiger partial charge in [0.05, 0.1) is 13.0 Å². The number of hydrogen-bond donors (Lipinski definition) is 2. The Bertz CT molecular complexity index is 820. The molecular weight excluding hydrogens is 386 g/mol. The van der Waals surface area contributed by atoms with Gasteiger partial charge in [0.2, 0.25) is 24.1 Å². The van der Waals surface area contributed by atoms with E-state index in [1.165, 1.54) is 4.90 Å². The summed E-state index contributed by atoms with van der Waals surface area (Å²) in [5.41, 5.74) is 2.74. The van der Waals surface area contributed by atoms with E-state index in [1.807, 2.05) is 36.9 Å². The Kier molecular flexibility index (Phi) is 7.04. The summed E-state index contributed by atoms with van der Waals surface area (Å²) >= 11 is 0. The van der Waals surface area contributed by atoms with Gasteiger partial charge >= 0.3 is 0 Å². The summed E-state index contributed by atoms with van der Waals surface area (Å²) in [4.78, 5) is 53.9. The summed E-state index contributed by atoms with van der Waals surface area (Å²) in [6, 6.07) is 4.90. The molecule has 3 rings (SSSR count). The Hall–Kier alpha value is -2.94. The summed E-state index contributed by atoms with van der Waals surface area (Å²) in [7, 11) is 0. The highest BCUT2D eigenvalue weighted by Crippen LogP contribution is 2.18.